The molecule has 0 spiro atoms. The van der Waals surface area contributed by atoms with Crippen molar-refractivity contribution in [3.8, 4) is 0 Å². The molecule has 0 saturated carbocycles. The molecule has 1 atom stereocenters. The number of benzene rings is 1. The van der Waals surface area contributed by atoms with Crippen LogP contribution >= 0.6 is 0 Å². The Labute approximate surface area is 168 Å². The maximum absolute atomic E-state index is 13.2. The molecule has 1 aromatic carbocycles. The minimum atomic E-state index is -0.368. The van der Waals surface area contributed by atoms with E-state index in [1.807, 2.05) is 60.0 Å². The van der Waals surface area contributed by atoms with Crippen molar-refractivity contribution in [3.05, 3.63) is 74.7 Å². The van der Waals surface area contributed by atoms with Gasteiger partial charge in [-0.3, -0.25) is 18.3 Å². The molecule has 0 amide bonds. The number of nitrogens with zero attached hydrogens (tertiary/aromatic N) is 5. The molecule has 4 aromatic rings. The normalized spacial score (nSPS) is 13.1. The summed E-state index contributed by atoms with van der Waals surface area (Å²) in [5.41, 5.74) is 2.21. The summed E-state index contributed by atoms with van der Waals surface area (Å²) >= 11 is 0. The molecule has 0 fully saturated rings. The molecule has 0 aliphatic carbocycles. The van der Waals surface area contributed by atoms with Crippen molar-refractivity contribution in [3.63, 3.8) is 0 Å². The van der Waals surface area contributed by atoms with Crippen LogP contribution in [-0.2, 0) is 13.6 Å². The quantitative estimate of drug-likeness (QED) is 0.525. The largest absolute Gasteiger partial charge is 0.332 e. The van der Waals surface area contributed by atoms with E-state index < -0.39 is 0 Å². The van der Waals surface area contributed by atoms with Crippen LogP contribution in [0, 0.1) is 6.92 Å². The Hall–Kier alpha value is -3.35. The Balaban J connectivity index is 1.89. The molecule has 0 aliphatic rings. The van der Waals surface area contributed by atoms with Crippen molar-refractivity contribution in [1.29, 1.82) is 0 Å². The first-order chi connectivity index (χ1) is 13.9. The van der Waals surface area contributed by atoms with Crippen LogP contribution in [0.3, 0.4) is 0 Å². The lowest BCUT2D eigenvalue weighted by molar-refractivity contribution is 0.532. The highest BCUT2D eigenvalue weighted by Gasteiger charge is 2.21. The summed E-state index contributed by atoms with van der Waals surface area (Å²) in [4.78, 5) is 30.7. The molecule has 0 saturated heterocycles. The van der Waals surface area contributed by atoms with Gasteiger partial charge in [-0.2, -0.15) is 4.98 Å². The molecule has 3 aromatic heterocycles. The molecule has 4 rings (SSSR count). The molecule has 0 radical (unpaired) electrons. The Morgan fingerprint density at radius 3 is 2.59 bits per heavy atom. The highest BCUT2D eigenvalue weighted by Crippen LogP contribution is 2.22. The zero-order chi connectivity index (χ0) is 20.7. The smallest absolute Gasteiger partial charge is 0.311 e. The van der Waals surface area contributed by atoms with E-state index in [4.69, 9.17) is 0 Å². The molecule has 1 unspecified atom stereocenters. The van der Waals surface area contributed by atoms with E-state index in [0.29, 0.717) is 16.9 Å². The van der Waals surface area contributed by atoms with Gasteiger partial charge >= 0.3 is 5.69 Å². The summed E-state index contributed by atoms with van der Waals surface area (Å²) in [6.45, 7) is 6.45. The van der Waals surface area contributed by atoms with Crippen LogP contribution in [0.4, 0.5) is 0 Å². The fourth-order valence-electron chi connectivity index (χ4n) is 3.77. The van der Waals surface area contributed by atoms with Gasteiger partial charge in [0.1, 0.15) is 0 Å². The lowest BCUT2D eigenvalue weighted by atomic mass is 10.2. The van der Waals surface area contributed by atoms with Gasteiger partial charge in [-0.15, -0.1) is 0 Å². The fourth-order valence-corrected chi connectivity index (χ4v) is 3.77. The SMILES string of the molecule is CCC(C)n1c(C)cn2c3c(=O)n(C/C=C/c4ccccc4)c(=O)n(C)c3nc12. The third kappa shape index (κ3) is 3.03. The van der Waals surface area contributed by atoms with Gasteiger partial charge in [0.05, 0.1) is 0 Å². The van der Waals surface area contributed by atoms with Crippen LogP contribution in [0.5, 0.6) is 0 Å². The molecular weight excluding hydrogens is 366 g/mol. The van der Waals surface area contributed by atoms with Crippen molar-refractivity contribution in [1.82, 2.24) is 23.1 Å². The van der Waals surface area contributed by atoms with Crippen LogP contribution in [0.2, 0.25) is 0 Å². The van der Waals surface area contributed by atoms with Crippen LogP contribution in [-0.4, -0.2) is 23.1 Å². The predicted molar refractivity (Wildman–Crippen MR) is 115 cm³/mol. The summed E-state index contributed by atoms with van der Waals surface area (Å²) in [5.74, 6) is 0.691. The molecule has 7 heteroatoms. The molecule has 29 heavy (non-hydrogen) atoms. The Bertz CT molecular complexity index is 1340. The third-order valence-corrected chi connectivity index (χ3v) is 5.50. The summed E-state index contributed by atoms with van der Waals surface area (Å²) in [6.07, 6.45) is 6.61. The Morgan fingerprint density at radius 2 is 1.90 bits per heavy atom. The molecule has 7 nitrogen and oxygen atoms in total. The molecule has 0 bridgehead atoms. The number of aromatic nitrogens is 5. The van der Waals surface area contributed by atoms with Gasteiger partial charge in [-0.05, 0) is 25.8 Å². The van der Waals surface area contributed by atoms with Crippen molar-refractivity contribution in [2.24, 2.45) is 7.05 Å². The first kappa shape index (κ1) is 19.0. The zero-order valence-electron chi connectivity index (χ0n) is 17.2. The van der Waals surface area contributed by atoms with E-state index >= 15 is 0 Å². The van der Waals surface area contributed by atoms with Gasteiger partial charge in [-0.25, -0.2) is 4.79 Å². The van der Waals surface area contributed by atoms with E-state index in [0.717, 1.165) is 17.7 Å². The summed E-state index contributed by atoms with van der Waals surface area (Å²) in [6, 6.07) is 10.0. The third-order valence-electron chi connectivity index (χ3n) is 5.50. The molecule has 0 aliphatic heterocycles. The highest BCUT2D eigenvalue weighted by molar-refractivity contribution is 5.75. The minimum absolute atomic E-state index is 0.203. The Kier molecular flexibility index (Phi) is 4.74. The second kappa shape index (κ2) is 7.24. The van der Waals surface area contributed by atoms with Crippen LogP contribution < -0.4 is 11.2 Å². The second-order valence-corrected chi connectivity index (χ2v) is 7.42. The first-order valence-electron chi connectivity index (χ1n) is 9.85. The van der Waals surface area contributed by atoms with E-state index in [-0.39, 0.29) is 23.8 Å². The predicted octanol–water partition coefficient (Wildman–Crippen LogP) is 3.14. The maximum atomic E-state index is 13.2. The maximum Gasteiger partial charge on any atom is 0.332 e. The summed E-state index contributed by atoms with van der Waals surface area (Å²) < 4.78 is 6.64. The van der Waals surface area contributed by atoms with Crippen molar-refractivity contribution < 1.29 is 0 Å². The number of rotatable bonds is 5. The topological polar surface area (TPSA) is 66.2 Å². The second-order valence-electron chi connectivity index (χ2n) is 7.42. The molecule has 3 heterocycles. The average Bonchev–Trinajstić information content (AvgIpc) is 3.23. The minimum Gasteiger partial charge on any atom is -0.311 e. The highest BCUT2D eigenvalue weighted by atomic mass is 16.2. The van der Waals surface area contributed by atoms with Crippen LogP contribution in [0.25, 0.3) is 23.0 Å². The number of fused-ring (bicyclic) bond motifs is 3. The van der Waals surface area contributed by atoms with Crippen molar-refractivity contribution in [2.45, 2.75) is 39.8 Å². The number of aryl methyl sites for hydroxylation is 2. The Morgan fingerprint density at radius 1 is 1.17 bits per heavy atom. The van der Waals surface area contributed by atoms with Crippen molar-refractivity contribution >= 4 is 23.0 Å². The van der Waals surface area contributed by atoms with Gasteiger partial charge in [0.15, 0.2) is 11.2 Å². The molecule has 0 N–H and O–H groups in total. The number of hydrogen-bond donors (Lipinski definition) is 0. The van der Waals surface area contributed by atoms with Crippen LogP contribution in [0.1, 0.15) is 37.6 Å². The fraction of sp³-hybridized carbons (Fsp3) is 0.318. The van der Waals surface area contributed by atoms with Gasteiger partial charge < -0.3 is 4.57 Å². The van der Waals surface area contributed by atoms with Gasteiger partial charge in [0.2, 0.25) is 5.78 Å². The first-order valence-corrected chi connectivity index (χ1v) is 9.85. The van der Waals surface area contributed by atoms with Gasteiger partial charge in [0, 0.05) is 31.5 Å². The number of allylic oxidation sites excluding steroid dienone is 1. The summed E-state index contributed by atoms with van der Waals surface area (Å²) in [5, 5.41) is 0. The lowest BCUT2D eigenvalue weighted by Crippen LogP contribution is -2.39. The lowest BCUT2D eigenvalue weighted by Gasteiger charge is -2.12. The van der Waals surface area contributed by atoms with Gasteiger partial charge in [0.25, 0.3) is 5.56 Å². The molecule has 150 valence electrons. The summed E-state index contributed by atoms with van der Waals surface area (Å²) in [7, 11) is 1.66. The van der Waals surface area contributed by atoms with E-state index in [1.54, 1.807) is 7.05 Å². The van der Waals surface area contributed by atoms with E-state index in [9.17, 15) is 9.59 Å². The van der Waals surface area contributed by atoms with E-state index in [1.165, 1.54) is 9.13 Å². The average molecular weight is 391 g/mol. The van der Waals surface area contributed by atoms with Gasteiger partial charge in [-0.1, -0.05) is 49.4 Å². The standard InChI is InChI=1S/C22H25N5O2/c1-5-15(2)27-16(3)14-26-18-19(23-21(26)27)24(4)22(29)25(20(18)28)13-9-12-17-10-7-6-8-11-17/h6-12,14-15H,5,13H2,1-4H3/b12-9+. The zero-order valence-corrected chi connectivity index (χ0v) is 17.2. The van der Waals surface area contributed by atoms with Crippen molar-refractivity contribution in [2.75, 3.05) is 0 Å². The van der Waals surface area contributed by atoms with E-state index in [2.05, 4.69) is 23.4 Å². The van der Waals surface area contributed by atoms with Crippen LogP contribution in [0.15, 0.2) is 52.2 Å². The number of imidazole rings is 2. The number of hydrogen-bond acceptors (Lipinski definition) is 3. The monoisotopic (exact) mass is 391 g/mol. The molecular formula is C22H25N5O2.